The maximum absolute atomic E-state index is 4.44. The highest BCUT2D eigenvalue weighted by molar-refractivity contribution is 5.79. The predicted octanol–water partition coefficient (Wildman–Crippen LogP) is 2.12. The number of imidazole rings is 1. The number of hydrogen-bond donors (Lipinski definition) is 2. The molecule has 6 heteroatoms. The van der Waals surface area contributed by atoms with Crippen molar-refractivity contribution in [2.24, 2.45) is 17.5 Å². The Morgan fingerprint density at radius 2 is 2.04 bits per heavy atom. The Balaban J connectivity index is 1.86. The van der Waals surface area contributed by atoms with E-state index in [0.29, 0.717) is 11.5 Å². The second kappa shape index (κ2) is 7.23. The topological polar surface area (TPSA) is 57.5 Å². The van der Waals surface area contributed by atoms with E-state index < -0.39 is 0 Å². The van der Waals surface area contributed by atoms with Gasteiger partial charge in [-0.15, -0.1) is 0 Å². The van der Waals surface area contributed by atoms with E-state index in [2.05, 4.69) is 39.0 Å². The lowest BCUT2D eigenvalue weighted by Gasteiger charge is -2.35. The SMILES string of the molecule is CN=C(NCc1cnc(N(C)C)n1C)NC1CCC(C)(C)CC1. The smallest absolute Gasteiger partial charge is 0.204 e. The molecule has 0 unspecified atom stereocenters. The van der Waals surface area contributed by atoms with Crippen molar-refractivity contribution in [1.29, 1.82) is 0 Å². The average molecular weight is 320 g/mol. The number of hydrogen-bond acceptors (Lipinski definition) is 3. The maximum Gasteiger partial charge on any atom is 0.204 e. The van der Waals surface area contributed by atoms with Gasteiger partial charge in [-0.3, -0.25) is 4.99 Å². The second-order valence-electron chi connectivity index (χ2n) is 7.51. The second-order valence-corrected chi connectivity index (χ2v) is 7.51. The number of guanidine groups is 1. The number of aromatic nitrogens is 2. The minimum atomic E-state index is 0.492. The van der Waals surface area contributed by atoms with Gasteiger partial charge in [-0.2, -0.15) is 0 Å². The van der Waals surface area contributed by atoms with Gasteiger partial charge in [0.25, 0.3) is 0 Å². The molecule has 130 valence electrons. The van der Waals surface area contributed by atoms with E-state index in [1.807, 2.05) is 39.3 Å². The van der Waals surface area contributed by atoms with Gasteiger partial charge in [-0.25, -0.2) is 4.98 Å². The van der Waals surface area contributed by atoms with Crippen molar-refractivity contribution in [1.82, 2.24) is 20.2 Å². The summed E-state index contributed by atoms with van der Waals surface area (Å²) in [6.45, 7) is 5.44. The Morgan fingerprint density at radius 1 is 1.39 bits per heavy atom. The summed E-state index contributed by atoms with van der Waals surface area (Å²) in [5.74, 6) is 1.83. The lowest BCUT2D eigenvalue weighted by atomic mass is 9.75. The van der Waals surface area contributed by atoms with Crippen LogP contribution in [0.3, 0.4) is 0 Å². The first kappa shape index (κ1) is 17.6. The van der Waals surface area contributed by atoms with Gasteiger partial charge in [0.15, 0.2) is 5.96 Å². The van der Waals surface area contributed by atoms with Gasteiger partial charge in [0.2, 0.25) is 5.95 Å². The first-order valence-corrected chi connectivity index (χ1v) is 8.47. The third-order valence-corrected chi connectivity index (χ3v) is 4.80. The van der Waals surface area contributed by atoms with Gasteiger partial charge >= 0.3 is 0 Å². The summed E-state index contributed by atoms with van der Waals surface area (Å²) in [5, 5.41) is 6.97. The molecule has 1 saturated carbocycles. The van der Waals surface area contributed by atoms with E-state index in [1.165, 1.54) is 25.7 Å². The van der Waals surface area contributed by atoms with Crippen molar-refractivity contribution < 1.29 is 0 Å². The summed E-state index contributed by atoms with van der Waals surface area (Å²) in [6, 6.07) is 0.526. The standard InChI is InChI=1S/C17H32N6/c1-17(2)9-7-13(8-10-17)21-15(18-3)19-11-14-12-20-16(22(4)5)23(14)6/h12-13H,7-11H2,1-6H3,(H2,18,19,21). The molecule has 6 nitrogen and oxygen atoms in total. The zero-order valence-electron chi connectivity index (χ0n) is 15.5. The highest BCUT2D eigenvalue weighted by Gasteiger charge is 2.27. The lowest BCUT2D eigenvalue weighted by molar-refractivity contribution is 0.216. The molecule has 2 rings (SSSR count). The number of nitrogens with zero attached hydrogens (tertiary/aromatic N) is 4. The van der Waals surface area contributed by atoms with Crippen LogP contribution < -0.4 is 15.5 Å². The zero-order chi connectivity index (χ0) is 17.0. The molecule has 1 aliphatic rings. The number of nitrogens with one attached hydrogen (secondary N) is 2. The molecule has 0 saturated heterocycles. The fraction of sp³-hybridized carbons (Fsp3) is 0.765. The zero-order valence-corrected chi connectivity index (χ0v) is 15.5. The number of aliphatic imine (C=N–C) groups is 1. The quantitative estimate of drug-likeness (QED) is 0.659. The molecule has 0 aromatic carbocycles. The van der Waals surface area contributed by atoms with E-state index in [9.17, 15) is 0 Å². The first-order valence-electron chi connectivity index (χ1n) is 8.47. The van der Waals surface area contributed by atoms with Gasteiger partial charge in [-0.05, 0) is 31.1 Å². The Morgan fingerprint density at radius 3 is 2.57 bits per heavy atom. The molecule has 0 amide bonds. The largest absolute Gasteiger partial charge is 0.354 e. The molecule has 1 aliphatic carbocycles. The van der Waals surface area contributed by atoms with Crippen molar-refractivity contribution in [3.05, 3.63) is 11.9 Å². The minimum absolute atomic E-state index is 0.492. The van der Waals surface area contributed by atoms with Crippen LogP contribution in [0.2, 0.25) is 0 Å². The predicted molar refractivity (Wildman–Crippen MR) is 96.9 cm³/mol. The Hall–Kier alpha value is -1.72. The van der Waals surface area contributed by atoms with Gasteiger partial charge < -0.3 is 20.1 Å². The van der Waals surface area contributed by atoms with Crippen LogP contribution in [0.4, 0.5) is 5.95 Å². The molecule has 1 aromatic heterocycles. The van der Waals surface area contributed by atoms with Crippen molar-refractivity contribution in [3.8, 4) is 0 Å². The van der Waals surface area contributed by atoms with Crippen LogP contribution in [0.25, 0.3) is 0 Å². The van der Waals surface area contributed by atoms with E-state index in [4.69, 9.17) is 0 Å². The number of anilines is 1. The highest BCUT2D eigenvalue weighted by Crippen LogP contribution is 2.34. The van der Waals surface area contributed by atoms with Gasteiger partial charge in [-0.1, -0.05) is 13.8 Å². The molecular weight excluding hydrogens is 288 g/mol. The van der Waals surface area contributed by atoms with Crippen LogP contribution in [-0.4, -0.2) is 42.7 Å². The van der Waals surface area contributed by atoms with Crippen LogP contribution in [0.5, 0.6) is 0 Å². The Kier molecular flexibility index (Phi) is 5.55. The summed E-state index contributed by atoms with van der Waals surface area (Å²) in [4.78, 5) is 10.8. The van der Waals surface area contributed by atoms with E-state index in [0.717, 1.165) is 24.1 Å². The third-order valence-electron chi connectivity index (χ3n) is 4.80. The Labute approximate surface area is 140 Å². The highest BCUT2D eigenvalue weighted by atomic mass is 15.3. The molecule has 0 bridgehead atoms. The average Bonchev–Trinajstić information content (AvgIpc) is 2.86. The van der Waals surface area contributed by atoms with Crippen LogP contribution in [0.15, 0.2) is 11.2 Å². The van der Waals surface area contributed by atoms with E-state index in [-0.39, 0.29) is 0 Å². The fourth-order valence-corrected chi connectivity index (χ4v) is 3.12. The summed E-state index contributed by atoms with van der Waals surface area (Å²) < 4.78 is 2.10. The van der Waals surface area contributed by atoms with E-state index >= 15 is 0 Å². The van der Waals surface area contributed by atoms with Gasteiger partial charge in [0.05, 0.1) is 18.4 Å². The van der Waals surface area contributed by atoms with Crippen LogP contribution in [0.1, 0.15) is 45.2 Å². The molecule has 2 N–H and O–H groups in total. The van der Waals surface area contributed by atoms with Crippen molar-refractivity contribution in [2.45, 2.75) is 52.1 Å². The first-order chi connectivity index (χ1) is 10.8. The normalized spacial score (nSPS) is 18.8. The van der Waals surface area contributed by atoms with Crippen molar-refractivity contribution in [2.75, 3.05) is 26.0 Å². The maximum atomic E-state index is 4.44. The molecule has 0 spiro atoms. The van der Waals surface area contributed by atoms with Crippen LogP contribution in [-0.2, 0) is 13.6 Å². The monoisotopic (exact) mass is 320 g/mol. The summed E-state index contributed by atoms with van der Waals surface area (Å²) >= 11 is 0. The molecule has 23 heavy (non-hydrogen) atoms. The molecule has 0 atom stereocenters. The molecular formula is C17H32N6. The molecule has 1 heterocycles. The van der Waals surface area contributed by atoms with Crippen LogP contribution >= 0.6 is 0 Å². The summed E-state index contributed by atoms with van der Waals surface area (Å²) in [7, 11) is 7.88. The van der Waals surface area contributed by atoms with Crippen LogP contribution in [0, 0.1) is 5.41 Å². The molecule has 0 radical (unpaired) electrons. The minimum Gasteiger partial charge on any atom is -0.354 e. The summed E-state index contributed by atoms with van der Waals surface area (Å²) in [5.41, 5.74) is 1.63. The fourth-order valence-electron chi connectivity index (χ4n) is 3.12. The Bertz CT molecular complexity index is 533. The molecule has 1 fully saturated rings. The van der Waals surface area contributed by atoms with Crippen molar-refractivity contribution in [3.63, 3.8) is 0 Å². The van der Waals surface area contributed by atoms with Gasteiger partial charge in [0, 0.05) is 34.2 Å². The van der Waals surface area contributed by atoms with E-state index in [1.54, 1.807) is 0 Å². The van der Waals surface area contributed by atoms with Gasteiger partial charge in [0.1, 0.15) is 0 Å². The molecule has 1 aromatic rings. The third kappa shape index (κ3) is 4.62. The number of rotatable bonds is 4. The molecule has 0 aliphatic heterocycles. The van der Waals surface area contributed by atoms with Crippen molar-refractivity contribution >= 4 is 11.9 Å². The summed E-state index contributed by atoms with van der Waals surface area (Å²) in [6.07, 6.45) is 6.89. The lowest BCUT2D eigenvalue weighted by Crippen LogP contribution is -2.45.